The van der Waals surface area contributed by atoms with Crippen LogP contribution in [0.15, 0.2) is 12.4 Å². The molecule has 0 spiro atoms. The van der Waals surface area contributed by atoms with Gasteiger partial charge in [0, 0.05) is 30.9 Å². The van der Waals surface area contributed by atoms with Gasteiger partial charge in [0.05, 0.1) is 0 Å². The monoisotopic (exact) mass is 222 g/mol. The first kappa shape index (κ1) is 11.6. The first-order valence-corrected chi connectivity index (χ1v) is 6.32. The van der Waals surface area contributed by atoms with Crippen molar-refractivity contribution in [3.63, 3.8) is 0 Å². The van der Waals surface area contributed by atoms with E-state index in [0.29, 0.717) is 12.1 Å². The van der Waals surface area contributed by atoms with E-state index in [4.69, 9.17) is 5.73 Å². The molecule has 0 bridgehead atoms. The van der Waals surface area contributed by atoms with Crippen LogP contribution in [0.25, 0.3) is 0 Å². The standard InChI is InChI=1S/C12H22N4/c13-10-3-5-11(6-4-10)14-7-1-2-12-15-8-9-16-12/h8-11,14H,1-7,13H2,(H,15,16). The molecule has 0 unspecified atom stereocenters. The summed E-state index contributed by atoms with van der Waals surface area (Å²) >= 11 is 0. The van der Waals surface area contributed by atoms with Gasteiger partial charge < -0.3 is 16.0 Å². The van der Waals surface area contributed by atoms with E-state index in [0.717, 1.165) is 25.2 Å². The van der Waals surface area contributed by atoms with Crippen LogP contribution in [0.4, 0.5) is 0 Å². The quantitative estimate of drug-likeness (QED) is 0.656. The van der Waals surface area contributed by atoms with Crippen molar-refractivity contribution in [3.05, 3.63) is 18.2 Å². The summed E-state index contributed by atoms with van der Waals surface area (Å²) in [7, 11) is 0. The summed E-state index contributed by atoms with van der Waals surface area (Å²) in [6.07, 6.45) is 10.7. The highest BCUT2D eigenvalue weighted by molar-refractivity contribution is 4.87. The molecule has 1 saturated carbocycles. The van der Waals surface area contributed by atoms with Gasteiger partial charge in [0.2, 0.25) is 0 Å². The van der Waals surface area contributed by atoms with Crippen LogP contribution in [0.2, 0.25) is 0 Å². The van der Waals surface area contributed by atoms with E-state index < -0.39 is 0 Å². The van der Waals surface area contributed by atoms with E-state index in [9.17, 15) is 0 Å². The Morgan fingerprint density at radius 2 is 2.19 bits per heavy atom. The summed E-state index contributed by atoms with van der Waals surface area (Å²) in [5.74, 6) is 1.09. The van der Waals surface area contributed by atoms with Gasteiger partial charge in [-0.1, -0.05) is 0 Å². The molecule has 0 aromatic carbocycles. The van der Waals surface area contributed by atoms with Crippen LogP contribution in [0.3, 0.4) is 0 Å². The number of aryl methyl sites for hydroxylation is 1. The number of aromatic nitrogens is 2. The Morgan fingerprint density at radius 1 is 1.38 bits per heavy atom. The van der Waals surface area contributed by atoms with E-state index in [-0.39, 0.29) is 0 Å². The zero-order valence-corrected chi connectivity index (χ0v) is 9.78. The van der Waals surface area contributed by atoms with Crippen molar-refractivity contribution in [2.75, 3.05) is 6.54 Å². The second kappa shape index (κ2) is 6.01. The summed E-state index contributed by atoms with van der Waals surface area (Å²) in [4.78, 5) is 7.34. The maximum atomic E-state index is 5.88. The molecule has 90 valence electrons. The number of nitrogens with one attached hydrogen (secondary N) is 2. The molecule has 0 aliphatic heterocycles. The lowest BCUT2D eigenvalue weighted by atomic mass is 9.92. The van der Waals surface area contributed by atoms with Crippen molar-refractivity contribution < 1.29 is 0 Å². The fraction of sp³-hybridized carbons (Fsp3) is 0.750. The maximum Gasteiger partial charge on any atom is 0.106 e. The Morgan fingerprint density at radius 3 is 2.88 bits per heavy atom. The molecule has 0 radical (unpaired) electrons. The SMILES string of the molecule is NC1CCC(NCCCc2ncc[nH]2)CC1. The first-order valence-electron chi connectivity index (χ1n) is 6.32. The van der Waals surface area contributed by atoms with Crippen LogP contribution in [-0.2, 0) is 6.42 Å². The van der Waals surface area contributed by atoms with Gasteiger partial charge in [0.1, 0.15) is 5.82 Å². The summed E-state index contributed by atoms with van der Waals surface area (Å²) in [6, 6.07) is 1.14. The molecule has 1 aromatic rings. The van der Waals surface area contributed by atoms with Crippen molar-refractivity contribution in [2.24, 2.45) is 5.73 Å². The molecule has 1 aliphatic carbocycles. The van der Waals surface area contributed by atoms with Crippen LogP contribution in [0, 0.1) is 0 Å². The zero-order chi connectivity index (χ0) is 11.2. The lowest BCUT2D eigenvalue weighted by molar-refractivity contribution is 0.342. The maximum absolute atomic E-state index is 5.88. The summed E-state index contributed by atoms with van der Waals surface area (Å²) in [5, 5.41) is 3.61. The molecule has 4 nitrogen and oxygen atoms in total. The highest BCUT2D eigenvalue weighted by Gasteiger charge is 2.17. The molecule has 1 aromatic heterocycles. The fourth-order valence-corrected chi connectivity index (χ4v) is 2.32. The van der Waals surface area contributed by atoms with Gasteiger partial charge in [0.25, 0.3) is 0 Å². The van der Waals surface area contributed by atoms with E-state index in [1.807, 2.05) is 12.4 Å². The van der Waals surface area contributed by atoms with Crippen LogP contribution < -0.4 is 11.1 Å². The predicted molar refractivity (Wildman–Crippen MR) is 65.1 cm³/mol. The first-order chi connectivity index (χ1) is 7.84. The lowest BCUT2D eigenvalue weighted by Crippen LogP contribution is -2.37. The molecule has 4 heteroatoms. The minimum atomic E-state index is 0.446. The molecule has 2 rings (SSSR count). The van der Waals surface area contributed by atoms with Crippen molar-refractivity contribution in [1.82, 2.24) is 15.3 Å². The second-order valence-electron chi connectivity index (χ2n) is 4.71. The largest absolute Gasteiger partial charge is 0.349 e. The van der Waals surface area contributed by atoms with Gasteiger partial charge in [0.15, 0.2) is 0 Å². The Balaban J connectivity index is 1.55. The highest BCUT2D eigenvalue weighted by atomic mass is 14.9. The lowest BCUT2D eigenvalue weighted by Gasteiger charge is -2.26. The summed E-state index contributed by atoms with van der Waals surface area (Å²) < 4.78 is 0. The third kappa shape index (κ3) is 3.61. The molecule has 4 N–H and O–H groups in total. The third-order valence-corrected chi connectivity index (χ3v) is 3.35. The molecule has 1 aliphatic rings. The topological polar surface area (TPSA) is 66.7 Å². The number of nitrogens with two attached hydrogens (primary N) is 1. The Kier molecular flexibility index (Phi) is 4.36. The van der Waals surface area contributed by atoms with Gasteiger partial charge in [-0.2, -0.15) is 0 Å². The highest BCUT2D eigenvalue weighted by Crippen LogP contribution is 2.16. The van der Waals surface area contributed by atoms with Crippen LogP contribution in [0.5, 0.6) is 0 Å². The number of hydrogen-bond acceptors (Lipinski definition) is 3. The Bertz CT molecular complexity index is 275. The number of imidazole rings is 1. The average molecular weight is 222 g/mol. The van der Waals surface area contributed by atoms with E-state index in [1.165, 1.54) is 25.7 Å². The Labute approximate surface area is 97.0 Å². The van der Waals surface area contributed by atoms with Crippen LogP contribution in [-0.4, -0.2) is 28.6 Å². The normalized spacial score (nSPS) is 25.8. The van der Waals surface area contributed by atoms with Crippen molar-refractivity contribution in [2.45, 2.75) is 50.6 Å². The molecular weight excluding hydrogens is 200 g/mol. The summed E-state index contributed by atoms with van der Waals surface area (Å²) in [6.45, 7) is 1.08. The Hall–Kier alpha value is -0.870. The van der Waals surface area contributed by atoms with Crippen molar-refractivity contribution in [3.8, 4) is 0 Å². The molecule has 16 heavy (non-hydrogen) atoms. The van der Waals surface area contributed by atoms with Crippen molar-refractivity contribution in [1.29, 1.82) is 0 Å². The predicted octanol–water partition coefficient (Wildman–Crippen LogP) is 1.20. The van der Waals surface area contributed by atoms with Gasteiger partial charge in [-0.3, -0.25) is 0 Å². The number of aromatic amines is 1. The molecule has 1 fully saturated rings. The van der Waals surface area contributed by atoms with Gasteiger partial charge in [-0.05, 0) is 38.6 Å². The fourth-order valence-electron chi connectivity index (χ4n) is 2.32. The molecule has 0 amide bonds. The number of rotatable bonds is 5. The molecule has 0 saturated heterocycles. The second-order valence-corrected chi connectivity index (χ2v) is 4.71. The van der Waals surface area contributed by atoms with Gasteiger partial charge >= 0.3 is 0 Å². The minimum Gasteiger partial charge on any atom is -0.349 e. The molecule has 0 atom stereocenters. The number of hydrogen-bond donors (Lipinski definition) is 3. The van der Waals surface area contributed by atoms with Crippen LogP contribution >= 0.6 is 0 Å². The van der Waals surface area contributed by atoms with E-state index >= 15 is 0 Å². The van der Waals surface area contributed by atoms with Crippen molar-refractivity contribution >= 4 is 0 Å². The molecular formula is C12H22N4. The van der Waals surface area contributed by atoms with E-state index in [1.54, 1.807) is 0 Å². The van der Waals surface area contributed by atoms with E-state index in [2.05, 4.69) is 15.3 Å². The minimum absolute atomic E-state index is 0.446. The summed E-state index contributed by atoms with van der Waals surface area (Å²) in [5.41, 5.74) is 5.88. The van der Waals surface area contributed by atoms with Gasteiger partial charge in [-0.25, -0.2) is 4.98 Å². The average Bonchev–Trinajstić information content (AvgIpc) is 2.80. The number of nitrogens with zero attached hydrogens (tertiary/aromatic N) is 1. The van der Waals surface area contributed by atoms with Gasteiger partial charge in [-0.15, -0.1) is 0 Å². The number of H-pyrrole nitrogens is 1. The zero-order valence-electron chi connectivity index (χ0n) is 9.78. The smallest absolute Gasteiger partial charge is 0.106 e. The third-order valence-electron chi connectivity index (χ3n) is 3.35. The molecule has 1 heterocycles. The van der Waals surface area contributed by atoms with Crippen LogP contribution in [0.1, 0.15) is 37.9 Å².